The molecule has 2 aliphatic rings. The Bertz CT molecular complexity index is 772. The number of carbonyl (C=O) groups excluding carboxylic acids is 1. The van der Waals surface area contributed by atoms with E-state index in [4.69, 9.17) is 20.4 Å². The second-order valence-electron chi connectivity index (χ2n) is 5.29. The van der Waals surface area contributed by atoms with Crippen molar-refractivity contribution in [2.45, 2.75) is 31.5 Å². The zero-order chi connectivity index (χ0) is 17.5. The van der Waals surface area contributed by atoms with Crippen molar-refractivity contribution in [3.63, 3.8) is 0 Å². The van der Waals surface area contributed by atoms with Crippen molar-refractivity contribution in [1.82, 2.24) is 20.2 Å². The van der Waals surface area contributed by atoms with Crippen molar-refractivity contribution in [1.29, 1.82) is 0 Å². The first-order valence-corrected chi connectivity index (χ1v) is 8.25. The highest BCUT2D eigenvalue weighted by Crippen LogP contribution is 2.38. The second-order valence-corrected chi connectivity index (χ2v) is 6.29. The summed E-state index contributed by atoms with van der Waals surface area (Å²) in [4.78, 5) is 17.4. The molecule has 5 N–H and O–H groups in total. The Morgan fingerprint density at radius 1 is 1.42 bits per heavy atom. The molecule has 2 atom stereocenters. The fourth-order valence-corrected chi connectivity index (χ4v) is 3.10. The Hall–Kier alpha value is -2.45. The molecule has 14 heteroatoms. The number of urea groups is 1. The van der Waals surface area contributed by atoms with Gasteiger partial charge in [0.2, 0.25) is 11.8 Å². The summed E-state index contributed by atoms with van der Waals surface area (Å²) in [5, 5.41) is 8.32. The molecule has 2 amide bonds. The molecule has 1 aromatic rings. The van der Waals surface area contributed by atoms with Gasteiger partial charge in [-0.25, -0.2) is 9.79 Å². The summed E-state index contributed by atoms with van der Waals surface area (Å²) in [6.45, 7) is 0.223. The number of hydroxylamine groups is 2. The number of aliphatic imine (C=N–C) groups is 1. The minimum Gasteiger partial charge on any atom is -0.421 e. The topological polar surface area (TPSA) is 190 Å². The third kappa shape index (κ3) is 3.24. The molecule has 24 heavy (non-hydrogen) atoms. The van der Waals surface area contributed by atoms with E-state index >= 15 is 0 Å². The third-order valence-electron chi connectivity index (χ3n) is 3.66. The van der Waals surface area contributed by atoms with Crippen LogP contribution in [-0.4, -0.2) is 57.7 Å². The minimum absolute atomic E-state index is 0.0105. The summed E-state index contributed by atoms with van der Waals surface area (Å²) in [5.74, 6) is 0.248. The number of nitrogens with zero attached hydrogens (tertiary/aromatic N) is 5. The molecule has 0 spiro atoms. The lowest BCUT2D eigenvalue weighted by atomic mass is 10.0. The first kappa shape index (κ1) is 16.4. The first-order valence-electron chi connectivity index (χ1n) is 6.89. The van der Waals surface area contributed by atoms with Crippen LogP contribution < -0.4 is 11.5 Å². The molecule has 2 bridgehead atoms. The largest absolute Gasteiger partial charge is 0.421 e. The van der Waals surface area contributed by atoms with Crippen LogP contribution in [0.1, 0.15) is 30.7 Å². The Morgan fingerprint density at radius 3 is 2.83 bits per heavy atom. The van der Waals surface area contributed by atoms with E-state index in [1.807, 2.05) is 0 Å². The molecular weight excluding hydrogens is 346 g/mol. The van der Waals surface area contributed by atoms with Gasteiger partial charge in [0.1, 0.15) is 12.6 Å². The number of amides is 2. The molecule has 0 aliphatic carbocycles. The van der Waals surface area contributed by atoms with Gasteiger partial charge in [-0.3, -0.25) is 4.55 Å². The summed E-state index contributed by atoms with van der Waals surface area (Å²) < 4.78 is 40.3. The van der Waals surface area contributed by atoms with Crippen molar-refractivity contribution in [2.24, 2.45) is 16.5 Å². The van der Waals surface area contributed by atoms with Gasteiger partial charge in [-0.05, 0) is 12.8 Å². The first-order chi connectivity index (χ1) is 11.2. The third-order valence-corrected chi connectivity index (χ3v) is 4.01. The molecular formula is C10H15N7O6S. The SMILES string of the molecule is NC(N)=NCc1nnc([C@@H]2CC[C@H]3CN2C(=O)N3OS(=O)(=O)O)o1. The predicted molar refractivity (Wildman–Crippen MR) is 76.1 cm³/mol. The van der Waals surface area contributed by atoms with Gasteiger partial charge in [-0.2, -0.15) is 13.5 Å². The summed E-state index contributed by atoms with van der Waals surface area (Å²) in [6, 6.07) is -1.71. The molecule has 3 rings (SSSR count). The van der Waals surface area contributed by atoms with Crippen LogP contribution in [0.15, 0.2) is 9.41 Å². The maximum atomic E-state index is 12.3. The number of aromatic nitrogens is 2. The lowest BCUT2D eigenvalue weighted by Gasteiger charge is -2.27. The van der Waals surface area contributed by atoms with Gasteiger partial charge in [-0.15, -0.1) is 14.5 Å². The Labute approximate surface area is 136 Å². The maximum Gasteiger partial charge on any atom is 0.418 e. The van der Waals surface area contributed by atoms with E-state index in [2.05, 4.69) is 19.5 Å². The molecule has 1 aromatic heterocycles. The van der Waals surface area contributed by atoms with Crippen LogP contribution in [0, 0.1) is 0 Å². The van der Waals surface area contributed by atoms with E-state index in [1.165, 1.54) is 4.90 Å². The molecule has 132 valence electrons. The van der Waals surface area contributed by atoms with Crippen molar-refractivity contribution >= 4 is 22.4 Å². The highest BCUT2D eigenvalue weighted by molar-refractivity contribution is 7.80. The lowest BCUT2D eigenvalue weighted by molar-refractivity contribution is -0.0317. The number of piperidine rings is 1. The quantitative estimate of drug-likeness (QED) is 0.316. The van der Waals surface area contributed by atoms with Crippen LogP contribution in [0.5, 0.6) is 0 Å². The van der Waals surface area contributed by atoms with Crippen LogP contribution in [-0.2, 0) is 21.2 Å². The van der Waals surface area contributed by atoms with Crippen LogP contribution in [0.2, 0.25) is 0 Å². The van der Waals surface area contributed by atoms with Gasteiger partial charge in [0.15, 0.2) is 5.96 Å². The molecule has 0 aromatic carbocycles. The van der Waals surface area contributed by atoms with Gasteiger partial charge < -0.3 is 20.8 Å². The summed E-state index contributed by atoms with van der Waals surface area (Å²) in [6.07, 6.45) is 0.902. The Kier molecular flexibility index (Phi) is 4.02. The number of nitrogens with two attached hydrogens (primary N) is 2. The molecule has 2 saturated heterocycles. The highest BCUT2D eigenvalue weighted by atomic mass is 32.3. The smallest absolute Gasteiger partial charge is 0.418 e. The summed E-state index contributed by atoms with van der Waals surface area (Å²) >= 11 is 0. The standard InChI is InChI=1S/C10H15N7O6S/c11-9(12)13-3-7-14-15-8(22-7)6-2-1-5-4-16(6)10(18)17(5)23-24(19,20)21/h5-6H,1-4H2,(H4,11,12,13)(H,19,20,21)/t5-,6-/m0/s1. The van der Waals surface area contributed by atoms with Gasteiger partial charge in [-0.1, -0.05) is 0 Å². The zero-order valence-electron chi connectivity index (χ0n) is 12.3. The second kappa shape index (κ2) is 5.88. The molecule has 13 nitrogen and oxygen atoms in total. The van der Waals surface area contributed by atoms with Crippen LogP contribution >= 0.6 is 0 Å². The van der Waals surface area contributed by atoms with Crippen LogP contribution in [0.25, 0.3) is 0 Å². The van der Waals surface area contributed by atoms with Gasteiger partial charge in [0.05, 0.1) is 6.04 Å². The van der Waals surface area contributed by atoms with E-state index in [-0.39, 0.29) is 30.8 Å². The average molecular weight is 361 g/mol. The number of carbonyl (C=O) groups is 1. The van der Waals surface area contributed by atoms with E-state index in [9.17, 15) is 13.2 Å². The monoisotopic (exact) mass is 361 g/mol. The predicted octanol–water partition coefficient (Wildman–Crippen LogP) is -1.48. The summed E-state index contributed by atoms with van der Waals surface area (Å²) in [7, 11) is -4.78. The molecule has 0 radical (unpaired) electrons. The minimum atomic E-state index is -4.78. The normalized spacial score (nSPS) is 23.6. The highest BCUT2D eigenvalue weighted by Gasteiger charge is 2.49. The van der Waals surface area contributed by atoms with Crippen LogP contribution in [0.3, 0.4) is 0 Å². The number of rotatable bonds is 5. The molecule has 0 saturated carbocycles. The fraction of sp³-hybridized carbons (Fsp3) is 0.600. The lowest BCUT2D eigenvalue weighted by Crippen LogP contribution is -2.35. The molecule has 2 aliphatic heterocycles. The van der Waals surface area contributed by atoms with Crippen molar-refractivity contribution in [2.75, 3.05) is 6.54 Å². The molecule has 0 unspecified atom stereocenters. The fourth-order valence-electron chi connectivity index (χ4n) is 2.71. The van der Waals surface area contributed by atoms with E-state index in [0.29, 0.717) is 17.9 Å². The number of guanidine groups is 1. The molecule has 3 heterocycles. The average Bonchev–Trinajstić information content (AvgIpc) is 3.04. The Morgan fingerprint density at radius 2 is 2.17 bits per heavy atom. The van der Waals surface area contributed by atoms with Crippen LogP contribution in [0.4, 0.5) is 4.79 Å². The van der Waals surface area contributed by atoms with E-state index < -0.39 is 28.5 Å². The van der Waals surface area contributed by atoms with Crippen molar-refractivity contribution in [3.05, 3.63) is 11.8 Å². The number of hydrogen-bond donors (Lipinski definition) is 3. The van der Waals surface area contributed by atoms with Gasteiger partial charge in [0.25, 0.3) is 0 Å². The van der Waals surface area contributed by atoms with Gasteiger partial charge >= 0.3 is 16.4 Å². The maximum absolute atomic E-state index is 12.3. The summed E-state index contributed by atoms with van der Waals surface area (Å²) in [5.41, 5.74) is 10.4. The number of hydrogen-bond acceptors (Lipinski definition) is 8. The number of fused-ring (bicyclic) bond motifs is 2. The van der Waals surface area contributed by atoms with Gasteiger partial charge in [0, 0.05) is 6.54 Å². The van der Waals surface area contributed by atoms with E-state index in [1.54, 1.807) is 0 Å². The zero-order valence-corrected chi connectivity index (χ0v) is 13.1. The van der Waals surface area contributed by atoms with E-state index in [0.717, 1.165) is 0 Å². The van der Waals surface area contributed by atoms with Crippen molar-refractivity contribution in [3.8, 4) is 0 Å². The Balaban J connectivity index is 1.76. The molecule has 2 fully saturated rings. The van der Waals surface area contributed by atoms with Crippen molar-refractivity contribution < 1.29 is 26.5 Å².